The smallest absolute Gasteiger partial charge is 0.319 e. The first kappa shape index (κ1) is 40.5. The van der Waals surface area contributed by atoms with Crippen molar-refractivity contribution in [3.63, 3.8) is 0 Å². The number of carbonyl (C=O) groups is 1. The Kier molecular flexibility index (Phi) is 32.3. The Hall–Kier alpha value is 0.352. The molecule has 0 amide bonds. The number of unbranched alkanes of at least 4 members (excludes halogenated alkanes) is 24. The molecule has 2 nitrogen and oxygen atoms in total. The Morgan fingerprint density at radius 2 is 0.816 bits per heavy atom. The number of carboxylic acids is 1. The molecule has 0 saturated heterocycles. The fourth-order valence-corrected chi connectivity index (χ4v) is 6.24. The predicted molar refractivity (Wildman–Crippen MR) is 179 cm³/mol. The highest BCUT2D eigenvalue weighted by Crippen LogP contribution is 2.35. The van der Waals surface area contributed by atoms with Gasteiger partial charge >= 0.3 is 5.97 Å². The minimum Gasteiger partial charge on any atom is -0.480 e. The van der Waals surface area contributed by atoms with Crippen LogP contribution < -0.4 is 0 Å². The second-order valence-electron chi connectivity index (χ2n) is 12.0. The number of carboxylic acid groups (broad SMARTS) is 1. The number of hydrogen-bond donors (Lipinski definition) is 2. The van der Waals surface area contributed by atoms with Gasteiger partial charge in [-0.2, -0.15) is 12.6 Å². The number of thiol groups is 1. The third-order valence-corrected chi connectivity index (χ3v) is 9.61. The van der Waals surface area contributed by atoms with E-state index in [4.69, 9.17) is 0 Å². The maximum absolute atomic E-state index is 11.6. The van der Waals surface area contributed by atoms with E-state index in [2.05, 4.69) is 26.5 Å². The highest BCUT2D eigenvalue weighted by molar-refractivity contribution is 7.82. The second kappa shape index (κ2) is 30.3. The summed E-state index contributed by atoms with van der Waals surface area (Å²) < 4.78 is -0.846. The van der Waals surface area contributed by atoms with E-state index in [-0.39, 0.29) is 23.3 Å². The molecule has 0 fully saturated rings. The molecule has 0 aliphatic rings. The van der Waals surface area contributed by atoms with Gasteiger partial charge in [0.1, 0.15) is 4.75 Å². The molecule has 2 unspecified atom stereocenters. The zero-order chi connectivity index (χ0) is 27.5. The highest BCUT2D eigenvalue weighted by atomic mass is 32.1. The van der Waals surface area contributed by atoms with Crippen LogP contribution >= 0.6 is 12.6 Å². The SMILES string of the molecule is CCCCCCCCCCCCCCCCCCCCCCCCCCCC(CC)C(S)(CC)C(=O)O.[AlH3]. The standard InChI is InChI=1S/C34H68O2S.Al.3H/c1-4-7-8-9-10-11-12-13-14-15-16-17-18-19-20-21-22-23-24-25-26-27-28-29-30-31-32(5-2)34(37,6-3)33(35)36;;;;/h32,37H,4-31H2,1-3H3,(H,35,36);;;;. The van der Waals surface area contributed by atoms with E-state index < -0.39 is 10.7 Å². The van der Waals surface area contributed by atoms with E-state index in [0.29, 0.717) is 6.42 Å². The molecule has 0 rings (SSSR count). The van der Waals surface area contributed by atoms with Crippen molar-refractivity contribution in [1.29, 1.82) is 0 Å². The third kappa shape index (κ3) is 23.1. The lowest BCUT2D eigenvalue weighted by Crippen LogP contribution is -2.39. The summed E-state index contributed by atoms with van der Waals surface area (Å²) in [6, 6.07) is 0. The molecule has 0 radical (unpaired) electrons. The molecular weight excluding hydrogens is 499 g/mol. The Bertz CT molecular complexity index is 487. The van der Waals surface area contributed by atoms with Crippen LogP contribution in [0, 0.1) is 5.92 Å². The van der Waals surface area contributed by atoms with Crippen molar-refractivity contribution < 1.29 is 9.90 Å². The summed E-state index contributed by atoms with van der Waals surface area (Å²) >= 11 is 4.54. The summed E-state index contributed by atoms with van der Waals surface area (Å²) in [5.41, 5.74) is 0. The first-order valence-electron chi connectivity index (χ1n) is 17.0. The topological polar surface area (TPSA) is 37.3 Å². The van der Waals surface area contributed by atoms with Crippen LogP contribution in [-0.2, 0) is 4.79 Å². The average Bonchev–Trinajstić information content (AvgIpc) is 2.90. The predicted octanol–water partition coefficient (Wildman–Crippen LogP) is 11.2. The zero-order valence-electron chi connectivity index (χ0n) is 25.7. The van der Waals surface area contributed by atoms with Crippen LogP contribution in [0.2, 0.25) is 0 Å². The first-order valence-corrected chi connectivity index (χ1v) is 17.4. The molecule has 0 spiro atoms. The van der Waals surface area contributed by atoms with E-state index >= 15 is 0 Å². The molecule has 0 aromatic heterocycles. The van der Waals surface area contributed by atoms with Gasteiger partial charge in [0.25, 0.3) is 0 Å². The molecule has 0 aliphatic carbocycles. The summed E-state index contributed by atoms with van der Waals surface area (Å²) in [5, 5.41) is 9.55. The molecule has 0 aliphatic heterocycles. The second-order valence-corrected chi connectivity index (χ2v) is 12.8. The number of hydrogen-bond acceptors (Lipinski definition) is 2. The molecule has 0 aromatic carbocycles. The Morgan fingerprint density at radius 1 is 0.553 bits per heavy atom. The molecule has 0 aromatic rings. The monoisotopic (exact) mass is 570 g/mol. The fourth-order valence-electron chi connectivity index (χ4n) is 5.92. The van der Waals surface area contributed by atoms with Crippen molar-refractivity contribution in [3.05, 3.63) is 0 Å². The largest absolute Gasteiger partial charge is 0.480 e. The fraction of sp³-hybridized carbons (Fsp3) is 0.971. The molecule has 38 heavy (non-hydrogen) atoms. The van der Waals surface area contributed by atoms with Gasteiger partial charge in [0, 0.05) is 0 Å². The van der Waals surface area contributed by atoms with Gasteiger partial charge in [0.05, 0.1) is 0 Å². The van der Waals surface area contributed by atoms with Crippen LogP contribution in [0.4, 0.5) is 0 Å². The molecule has 2 atom stereocenters. The summed E-state index contributed by atoms with van der Waals surface area (Å²) in [5.74, 6) is -0.562. The molecular formula is C34H71AlO2S. The van der Waals surface area contributed by atoms with Crippen molar-refractivity contribution in [3.8, 4) is 0 Å². The van der Waals surface area contributed by atoms with Gasteiger partial charge in [0.2, 0.25) is 0 Å². The average molecular weight is 571 g/mol. The normalized spacial score (nSPS) is 13.7. The van der Waals surface area contributed by atoms with Crippen LogP contribution in [0.15, 0.2) is 0 Å². The zero-order valence-corrected chi connectivity index (χ0v) is 26.6. The summed E-state index contributed by atoms with van der Waals surface area (Å²) in [7, 11) is 0. The lowest BCUT2D eigenvalue weighted by molar-refractivity contribution is -0.141. The maximum Gasteiger partial charge on any atom is 0.319 e. The van der Waals surface area contributed by atoms with E-state index in [9.17, 15) is 9.90 Å². The van der Waals surface area contributed by atoms with E-state index in [1.807, 2.05) is 6.92 Å². The quantitative estimate of drug-likeness (QED) is 0.0512. The number of rotatable bonds is 30. The van der Waals surface area contributed by atoms with Crippen LogP contribution in [0.3, 0.4) is 0 Å². The van der Waals surface area contributed by atoms with Crippen molar-refractivity contribution in [2.75, 3.05) is 0 Å². The van der Waals surface area contributed by atoms with Gasteiger partial charge in [-0.05, 0) is 18.8 Å². The first-order chi connectivity index (χ1) is 18.0. The molecule has 0 bridgehead atoms. The van der Waals surface area contributed by atoms with Crippen molar-refractivity contribution in [2.24, 2.45) is 5.92 Å². The lowest BCUT2D eigenvalue weighted by Gasteiger charge is -2.31. The minimum absolute atomic E-state index is 0. The van der Waals surface area contributed by atoms with E-state index in [1.54, 1.807) is 0 Å². The van der Waals surface area contributed by atoms with Crippen molar-refractivity contribution in [2.45, 2.75) is 205 Å². The lowest BCUT2D eigenvalue weighted by atomic mass is 9.83. The van der Waals surface area contributed by atoms with Crippen LogP contribution in [0.25, 0.3) is 0 Å². The van der Waals surface area contributed by atoms with Gasteiger partial charge in [0.15, 0.2) is 17.4 Å². The summed E-state index contributed by atoms with van der Waals surface area (Å²) in [4.78, 5) is 11.6. The van der Waals surface area contributed by atoms with Crippen molar-refractivity contribution >= 4 is 36.0 Å². The Labute approximate surface area is 256 Å². The van der Waals surface area contributed by atoms with Gasteiger partial charge in [-0.1, -0.05) is 188 Å². The van der Waals surface area contributed by atoms with Gasteiger partial charge in [-0.25, -0.2) is 0 Å². The summed E-state index contributed by atoms with van der Waals surface area (Å²) in [6.07, 6.45) is 37.8. The van der Waals surface area contributed by atoms with E-state index in [1.165, 1.54) is 154 Å². The summed E-state index contributed by atoms with van der Waals surface area (Å²) in [6.45, 7) is 6.35. The third-order valence-electron chi connectivity index (χ3n) is 8.73. The Balaban J connectivity index is 0. The molecule has 228 valence electrons. The van der Waals surface area contributed by atoms with Crippen LogP contribution in [0.1, 0.15) is 201 Å². The minimum atomic E-state index is -0.846. The molecule has 0 heterocycles. The molecule has 0 saturated carbocycles. The van der Waals surface area contributed by atoms with E-state index in [0.717, 1.165) is 19.3 Å². The van der Waals surface area contributed by atoms with Gasteiger partial charge < -0.3 is 5.11 Å². The maximum atomic E-state index is 11.6. The van der Waals surface area contributed by atoms with Crippen LogP contribution in [0.5, 0.6) is 0 Å². The molecule has 4 heteroatoms. The Morgan fingerprint density at radius 3 is 1.03 bits per heavy atom. The van der Waals surface area contributed by atoms with Gasteiger partial charge in [-0.15, -0.1) is 0 Å². The van der Waals surface area contributed by atoms with Crippen LogP contribution in [-0.4, -0.2) is 33.2 Å². The highest BCUT2D eigenvalue weighted by Gasteiger charge is 2.39. The van der Waals surface area contributed by atoms with Gasteiger partial charge in [-0.3, -0.25) is 4.79 Å². The number of aliphatic carboxylic acids is 1. The molecule has 1 N–H and O–H groups in total. The van der Waals surface area contributed by atoms with Crippen molar-refractivity contribution in [1.82, 2.24) is 0 Å².